The third kappa shape index (κ3) is 6.17. The number of amides is 1. The molecule has 0 bridgehead atoms. The number of benzene rings is 2. The number of furan rings is 1. The van der Waals surface area contributed by atoms with E-state index in [1.807, 2.05) is 66.7 Å². The number of nitrogens with one attached hydrogen (secondary N) is 1. The van der Waals surface area contributed by atoms with Crippen LogP contribution in [-0.2, 0) is 29.2 Å². The number of nitrogens with zero attached hydrogens (tertiary/aromatic N) is 1. The van der Waals surface area contributed by atoms with Gasteiger partial charge < -0.3 is 18.9 Å². The zero-order valence-corrected chi connectivity index (χ0v) is 17.1. The standard InChI is InChI=1S/C25H24N2O4/c28-24(12-5-13-25-26-16-23(31-25)20-8-2-1-3-9-20)27-21-10-4-7-19(15-21)17-29-18-22-11-6-14-30-22/h1-4,6-11,14-16H,5,12-13,17-18H2,(H,27,28). The fourth-order valence-corrected chi connectivity index (χ4v) is 3.19. The minimum absolute atomic E-state index is 0.0384. The van der Waals surface area contributed by atoms with Crippen molar-refractivity contribution in [2.75, 3.05) is 5.32 Å². The Labute approximate surface area is 180 Å². The van der Waals surface area contributed by atoms with Gasteiger partial charge in [0.25, 0.3) is 0 Å². The summed E-state index contributed by atoms with van der Waals surface area (Å²) < 4.78 is 16.7. The number of aryl methyl sites for hydroxylation is 1. The van der Waals surface area contributed by atoms with Crippen molar-refractivity contribution in [1.82, 2.24) is 4.98 Å². The molecule has 0 atom stereocenters. The highest BCUT2D eigenvalue weighted by Gasteiger charge is 2.08. The Hall–Kier alpha value is -3.64. The summed E-state index contributed by atoms with van der Waals surface area (Å²) in [7, 11) is 0. The zero-order chi connectivity index (χ0) is 21.3. The zero-order valence-electron chi connectivity index (χ0n) is 17.1. The number of oxazole rings is 1. The Morgan fingerprint density at radius 1 is 1.00 bits per heavy atom. The van der Waals surface area contributed by atoms with E-state index in [2.05, 4.69) is 10.3 Å². The Balaban J connectivity index is 1.20. The lowest BCUT2D eigenvalue weighted by Crippen LogP contribution is -2.11. The van der Waals surface area contributed by atoms with E-state index in [-0.39, 0.29) is 5.91 Å². The van der Waals surface area contributed by atoms with E-state index in [1.165, 1.54) is 0 Å². The first-order chi connectivity index (χ1) is 15.3. The van der Waals surface area contributed by atoms with Crippen LogP contribution < -0.4 is 5.32 Å². The van der Waals surface area contributed by atoms with E-state index in [4.69, 9.17) is 13.6 Å². The van der Waals surface area contributed by atoms with Crippen LogP contribution in [0.1, 0.15) is 30.1 Å². The minimum atomic E-state index is -0.0384. The average molecular weight is 416 g/mol. The maximum atomic E-state index is 12.3. The Morgan fingerprint density at radius 3 is 2.74 bits per heavy atom. The third-order valence-corrected chi connectivity index (χ3v) is 4.71. The molecule has 4 aromatic rings. The van der Waals surface area contributed by atoms with Gasteiger partial charge in [0, 0.05) is 24.1 Å². The summed E-state index contributed by atoms with van der Waals surface area (Å²) >= 11 is 0. The van der Waals surface area contributed by atoms with Crippen LogP contribution in [0.5, 0.6) is 0 Å². The Kier molecular flexibility index (Phi) is 6.92. The average Bonchev–Trinajstić information content (AvgIpc) is 3.47. The van der Waals surface area contributed by atoms with Crippen LogP contribution in [0.3, 0.4) is 0 Å². The summed E-state index contributed by atoms with van der Waals surface area (Å²) in [4.78, 5) is 16.6. The van der Waals surface area contributed by atoms with Gasteiger partial charge in [-0.25, -0.2) is 4.98 Å². The maximum absolute atomic E-state index is 12.3. The summed E-state index contributed by atoms with van der Waals surface area (Å²) in [5, 5.41) is 2.94. The molecule has 31 heavy (non-hydrogen) atoms. The van der Waals surface area contributed by atoms with Gasteiger partial charge in [-0.05, 0) is 36.2 Å². The van der Waals surface area contributed by atoms with Crippen molar-refractivity contribution in [2.24, 2.45) is 0 Å². The van der Waals surface area contributed by atoms with E-state index in [0.29, 0.717) is 38.4 Å². The summed E-state index contributed by atoms with van der Waals surface area (Å²) in [6.45, 7) is 0.856. The molecule has 0 saturated heterocycles. The van der Waals surface area contributed by atoms with Crippen molar-refractivity contribution in [2.45, 2.75) is 32.5 Å². The molecule has 158 valence electrons. The molecule has 0 unspecified atom stereocenters. The second-order valence-corrected chi connectivity index (χ2v) is 7.16. The van der Waals surface area contributed by atoms with E-state index >= 15 is 0 Å². The number of carbonyl (C=O) groups excluding carboxylic acids is 1. The molecule has 4 rings (SSSR count). The molecule has 0 aliphatic carbocycles. The minimum Gasteiger partial charge on any atom is -0.467 e. The molecule has 0 spiro atoms. The van der Waals surface area contributed by atoms with Gasteiger partial charge in [0.15, 0.2) is 11.7 Å². The van der Waals surface area contributed by atoms with Gasteiger partial charge in [-0.3, -0.25) is 4.79 Å². The molecule has 1 N–H and O–H groups in total. The second-order valence-electron chi connectivity index (χ2n) is 7.16. The molecule has 2 aromatic heterocycles. The number of anilines is 1. The largest absolute Gasteiger partial charge is 0.467 e. The lowest BCUT2D eigenvalue weighted by molar-refractivity contribution is -0.116. The van der Waals surface area contributed by atoms with Crippen molar-refractivity contribution in [3.63, 3.8) is 0 Å². The number of carbonyl (C=O) groups is 1. The third-order valence-electron chi connectivity index (χ3n) is 4.71. The van der Waals surface area contributed by atoms with Gasteiger partial charge in [0.1, 0.15) is 12.4 Å². The first-order valence-corrected chi connectivity index (χ1v) is 10.3. The molecule has 0 aliphatic heterocycles. The number of hydrogen-bond donors (Lipinski definition) is 1. The molecule has 0 radical (unpaired) electrons. The molecule has 0 fully saturated rings. The number of aromatic nitrogens is 1. The SMILES string of the molecule is O=C(CCCc1ncc(-c2ccccc2)o1)Nc1cccc(COCc2ccco2)c1. The van der Waals surface area contributed by atoms with Crippen LogP contribution >= 0.6 is 0 Å². The van der Waals surface area contributed by atoms with Gasteiger partial charge in [-0.15, -0.1) is 0 Å². The predicted octanol–water partition coefficient (Wildman–Crippen LogP) is 5.61. The molecule has 0 aliphatic rings. The molecule has 2 aromatic carbocycles. The molecule has 6 nitrogen and oxygen atoms in total. The van der Waals surface area contributed by atoms with E-state index in [9.17, 15) is 4.79 Å². The normalized spacial score (nSPS) is 10.8. The first kappa shape index (κ1) is 20.6. The van der Waals surface area contributed by atoms with Crippen molar-refractivity contribution in [1.29, 1.82) is 0 Å². The van der Waals surface area contributed by atoms with Crippen LogP contribution in [0.15, 0.2) is 88.0 Å². The van der Waals surface area contributed by atoms with E-state index in [0.717, 1.165) is 28.3 Å². The van der Waals surface area contributed by atoms with Crippen molar-refractivity contribution in [3.8, 4) is 11.3 Å². The monoisotopic (exact) mass is 416 g/mol. The van der Waals surface area contributed by atoms with Gasteiger partial charge in [0.05, 0.1) is 19.1 Å². The van der Waals surface area contributed by atoms with Crippen molar-refractivity contribution >= 4 is 11.6 Å². The van der Waals surface area contributed by atoms with Crippen LogP contribution in [0.4, 0.5) is 5.69 Å². The summed E-state index contributed by atoms with van der Waals surface area (Å²) in [5.74, 6) is 2.13. The second kappa shape index (κ2) is 10.4. The topological polar surface area (TPSA) is 77.5 Å². The predicted molar refractivity (Wildman–Crippen MR) is 117 cm³/mol. The van der Waals surface area contributed by atoms with Crippen molar-refractivity contribution < 1.29 is 18.4 Å². The van der Waals surface area contributed by atoms with Crippen LogP contribution in [0.25, 0.3) is 11.3 Å². The lowest BCUT2D eigenvalue weighted by Gasteiger charge is -2.08. The molecule has 2 heterocycles. The highest BCUT2D eigenvalue weighted by molar-refractivity contribution is 5.90. The fourth-order valence-electron chi connectivity index (χ4n) is 3.19. The summed E-state index contributed by atoms with van der Waals surface area (Å²) in [5.41, 5.74) is 2.73. The van der Waals surface area contributed by atoms with Gasteiger partial charge in [-0.2, -0.15) is 0 Å². The van der Waals surface area contributed by atoms with E-state index in [1.54, 1.807) is 12.5 Å². The lowest BCUT2D eigenvalue weighted by atomic mass is 10.2. The summed E-state index contributed by atoms with van der Waals surface area (Å²) in [6.07, 6.45) is 5.01. The van der Waals surface area contributed by atoms with Gasteiger partial charge in [0.2, 0.25) is 5.91 Å². The highest BCUT2D eigenvalue weighted by Crippen LogP contribution is 2.20. The van der Waals surface area contributed by atoms with Gasteiger partial charge in [-0.1, -0.05) is 42.5 Å². The number of rotatable bonds is 10. The highest BCUT2D eigenvalue weighted by atomic mass is 16.5. The smallest absolute Gasteiger partial charge is 0.224 e. The van der Waals surface area contributed by atoms with E-state index < -0.39 is 0 Å². The molecular weight excluding hydrogens is 392 g/mol. The van der Waals surface area contributed by atoms with Crippen LogP contribution in [-0.4, -0.2) is 10.9 Å². The first-order valence-electron chi connectivity index (χ1n) is 10.3. The molecule has 1 amide bonds. The number of ether oxygens (including phenoxy) is 1. The maximum Gasteiger partial charge on any atom is 0.224 e. The van der Waals surface area contributed by atoms with Crippen LogP contribution in [0.2, 0.25) is 0 Å². The van der Waals surface area contributed by atoms with Crippen molar-refractivity contribution in [3.05, 3.63) is 96.4 Å². The van der Waals surface area contributed by atoms with Crippen LogP contribution in [0, 0.1) is 0 Å². The Bertz CT molecular complexity index is 1090. The quantitative estimate of drug-likeness (QED) is 0.363. The Morgan fingerprint density at radius 2 is 1.90 bits per heavy atom. The van der Waals surface area contributed by atoms with Gasteiger partial charge >= 0.3 is 0 Å². The molecule has 6 heteroatoms. The fraction of sp³-hybridized carbons (Fsp3) is 0.200. The molecular formula is C25H24N2O4. The summed E-state index contributed by atoms with van der Waals surface area (Å²) in [6, 6.07) is 21.2. The number of hydrogen-bond acceptors (Lipinski definition) is 5. The molecule has 0 saturated carbocycles.